The van der Waals surface area contributed by atoms with Crippen molar-refractivity contribution in [2.45, 2.75) is 59.3 Å². The molecule has 0 saturated carbocycles. The van der Waals surface area contributed by atoms with Crippen LogP contribution in [0.15, 0.2) is 54.0 Å². The van der Waals surface area contributed by atoms with Gasteiger partial charge >= 0.3 is 19.1 Å². The second-order valence-electron chi connectivity index (χ2n) is 9.95. The van der Waals surface area contributed by atoms with Gasteiger partial charge in [-0.3, -0.25) is 14.4 Å². The van der Waals surface area contributed by atoms with E-state index in [2.05, 4.69) is 4.37 Å². The molecule has 0 N–H and O–H groups in total. The number of carbonyl (C=O) groups is 3. The number of esters is 2. The van der Waals surface area contributed by atoms with E-state index in [0.29, 0.717) is 5.69 Å². The van der Waals surface area contributed by atoms with Crippen molar-refractivity contribution in [2.75, 3.05) is 4.90 Å². The minimum absolute atomic E-state index is 0.0106. The van der Waals surface area contributed by atoms with Crippen LogP contribution in [-0.4, -0.2) is 40.5 Å². The number of hydrogen-bond acceptors (Lipinski definition) is 9. The monoisotopic (exact) mass is 536 g/mol. The second-order valence-corrected chi connectivity index (χ2v) is 10.6. The van der Waals surface area contributed by atoms with Gasteiger partial charge in [0.2, 0.25) is 0 Å². The molecule has 11 heteroatoms. The van der Waals surface area contributed by atoms with Crippen LogP contribution in [0.2, 0.25) is 0 Å². The van der Waals surface area contributed by atoms with E-state index >= 15 is 0 Å². The highest BCUT2D eigenvalue weighted by Crippen LogP contribution is 2.36. The Balaban J connectivity index is 1.68. The Kier molecular flexibility index (Phi) is 7.73. The second kappa shape index (κ2) is 10.7. The zero-order chi connectivity index (χ0) is 27.7. The van der Waals surface area contributed by atoms with E-state index in [4.69, 9.17) is 18.8 Å². The van der Waals surface area contributed by atoms with E-state index in [9.17, 15) is 14.4 Å². The van der Waals surface area contributed by atoms with Gasteiger partial charge in [0.1, 0.15) is 11.5 Å². The first-order valence-electron chi connectivity index (χ1n) is 12.0. The van der Waals surface area contributed by atoms with Crippen molar-refractivity contribution in [3.05, 3.63) is 65.2 Å². The summed E-state index contributed by atoms with van der Waals surface area (Å²) >= 11 is 1.28. The van der Waals surface area contributed by atoms with Crippen molar-refractivity contribution in [1.82, 2.24) is 4.37 Å². The third-order valence-corrected chi connectivity index (χ3v) is 7.13. The zero-order valence-electron chi connectivity index (χ0n) is 22.1. The maximum Gasteiger partial charge on any atom is 0.494 e. The summed E-state index contributed by atoms with van der Waals surface area (Å²) < 4.78 is 26.9. The van der Waals surface area contributed by atoms with Crippen molar-refractivity contribution < 1.29 is 33.2 Å². The van der Waals surface area contributed by atoms with Gasteiger partial charge in [-0.1, -0.05) is 12.1 Å². The Labute approximate surface area is 226 Å². The molecule has 2 aromatic carbocycles. The fraction of sp³-hybridized carbons (Fsp3) is 0.333. The highest BCUT2D eigenvalue weighted by Gasteiger charge is 2.51. The van der Waals surface area contributed by atoms with E-state index in [1.165, 1.54) is 43.6 Å². The summed E-state index contributed by atoms with van der Waals surface area (Å²) in [4.78, 5) is 38.6. The largest absolute Gasteiger partial charge is 0.494 e. The quantitative estimate of drug-likeness (QED) is 0.252. The third kappa shape index (κ3) is 5.96. The molecule has 2 heterocycles. The Hall–Kier alpha value is -3.54. The van der Waals surface area contributed by atoms with Crippen LogP contribution in [-0.2, 0) is 25.4 Å². The lowest BCUT2D eigenvalue weighted by Crippen LogP contribution is -2.41. The standard InChI is InChI=1S/C27H29BN2O7S/c1-17(31)34-22-11-12-23(24(13-22)35-18(2)32)25(33)30(15-19-14-29-38-16-19)21-9-7-20(8-10-21)28-36-26(3,4)27(5,6)37-28/h7-14,16H,15H2,1-6H3. The van der Waals surface area contributed by atoms with Gasteiger partial charge in [0, 0.05) is 42.7 Å². The van der Waals surface area contributed by atoms with Gasteiger partial charge in [-0.15, -0.1) is 0 Å². The predicted molar refractivity (Wildman–Crippen MR) is 144 cm³/mol. The Bertz CT molecular complexity index is 1320. The number of rotatable bonds is 7. The van der Waals surface area contributed by atoms with Crippen molar-refractivity contribution in [3.63, 3.8) is 0 Å². The molecule has 0 radical (unpaired) electrons. The molecular weight excluding hydrogens is 507 g/mol. The van der Waals surface area contributed by atoms with E-state index in [0.717, 1.165) is 11.0 Å². The van der Waals surface area contributed by atoms with Gasteiger partial charge in [0.05, 0.1) is 23.3 Å². The van der Waals surface area contributed by atoms with Crippen LogP contribution in [0.3, 0.4) is 0 Å². The van der Waals surface area contributed by atoms with Crippen LogP contribution in [0.5, 0.6) is 11.5 Å². The summed E-state index contributed by atoms with van der Waals surface area (Å²) in [5.41, 5.74) is 1.45. The Morgan fingerprint density at radius 2 is 1.58 bits per heavy atom. The first-order valence-corrected chi connectivity index (χ1v) is 12.9. The van der Waals surface area contributed by atoms with Gasteiger partial charge in [-0.05, 0) is 69.0 Å². The van der Waals surface area contributed by atoms with E-state index < -0.39 is 36.2 Å². The fourth-order valence-electron chi connectivity index (χ4n) is 3.85. The number of aromatic nitrogens is 1. The normalized spacial score (nSPS) is 15.7. The number of carbonyl (C=O) groups excluding carboxylic acids is 3. The highest BCUT2D eigenvalue weighted by molar-refractivity contribution is 7.03. The third-order valence-electron chi connectivity index (χ3n) is 6.50. The van der Waals surface area contributed by atoms with E-state index in [1.54, 1.807) is 11.1 Å². The lowest BCUT2D eigenvalue weighted by Gasteiger charge is -2.32. The molecule has 0 unspecified atom stereocenters. The molecule has 1 aliphatic rings. The summed E-state index contributed by atoms with van der Waals surface area (Å²) in [6.07, 6.45) is 1.69. The molecular formula is C27H29BN2O7S. The summed E-state index contributed by atoms with van der Waals surface area (Å²) in [5.74, 6) is -1.41. The number of benzene rings is 2. The number of nitrogens with zero attached hydrogens (tertiary/aromatic N) is 2. The molecule has 0 spiro atoms. The topological polar surface area (TPSA) is 104 Å². The molecule has 0 bridgehead atoms. The minimum atomic E-state index is -0.612. The lowest BCUT2D eigenvalue weighted by atomic mass is 9.79. The van der Waals surface area contributed by atoms with Crippen LogP contribution in [0.1, 0.15) is 57.5 Å². The lowest BCUT2D eigenvalue weighted by molar-refractivity contribution is -0.132. The van der Waals surface area contributed by atoms with Crippen LogP contribution >= 0.6 is 11.5 Å². The first kappa shape index (κ1) is 27.5. The van der Waals surface area contributed by atoms with Crippen LogP contribution < -0.4 is 19.8 Å². The van der Waals surface area contributed by atoms with Crippen molar-refractivity contribution in [3.8, 4) is 11.5 Å². The Morgan fingerprint density at radius 3 is 2.13 bits per heavy atom. The summed E-state index contributed by atoms with van der Waals surface area (Å²) in [5, 5.41) is 1.86. The SMILES string of the molecule is CC(=O)Oc1ccc(C(=O)N(Cc2cnsc2)c2ccc(B3OC(C)(C)C(C)(C)O3)cc2)c(OC(C)=O)c1. The van der Waals surface area contributed by atoms with Crippen molar-refractivity contribution in [1.29, 1.82) is 0 Å². The average Bonchev–Trinajstić information content (AvgIpc) is 3.41. The number of ether oxygens (including phenoxy) is 2. The minimum Gasteiger partial charge on any atom is -0.427 e. The van der Waals surface area contributed by atoms with Gasteiger partial charge in [0.25, 0.3) is 5.91 Å². The number of anilines is 1. The van der Waals surface area contributed by atoms with E-state index in [-0.39, 0.29) is 23.6 Å². The molecule has 198 valence electrons. The maximum absolute atomic E-state index is 13.9. The molecule has 3 aromatic rings. The number of amides is 1. The smallest absolute Gasteiger partial charge is 0.427 e. The summed E-state index contributed by atoms with van der Waals surface area (Å²) in [7, 11) is -0.538. The summed E-state index contributed by atoms with van der Waals surface area (Å²) in [6.45, 7) is 10.7. The Morgan fingerprint density at radius 1 is 0.947 bits per heavy atom. The zero-order valence-corrected chi connectivity index (χ0v) is 23.0. The van der Waals surface area contributed by atoms with Gasteiger partial charge < -0.3 is 23.7 Å². The molecule has 1 fully saturated rings. The number of hydrogen-bond donors (Lipinski definition) is 0. The fourth-order valence-corrected chi connectivity index (χ4v) is 4.38. The predicted octanol–water partition coefficient (Wildman–Crippen LogP) is 4.14. The van der Waals surface area contributed by atoms with Crippen LogP contribution in [0, 0.1) is 0 Å². The van der Waals surface area contributed by atoms with Crippen molar-refractivity contribution >= 4 is 47.6 Å². The molecule has 0 aliphatic carbocycles. The molecule has 9 nitrogen and oxygen atoms in total. The molecule has 1 amide bonds. The average molecular weight is 536 g/mol. The van der Waals surface area contributed by atoms with Gasteiger partial charge in [-0.25, -0.2) is 4.37 Å². The molecule has 4 rings (SSSR count). The maximum atomic E-state index is 13.9. The highest BCUT2D eigenvalue weighted by atomic mass is 32.1. The van der Waals surface area contributed by atoms with Crippen molar-refractivity contribution in [2.24, 2.45) is 0 Å². The molecule has 38 heavy (non-hydrogen) atoms. The molecule has 1 aromatic heterocycles. The van der Waals surface area contributed by atoms with Gasteiger partial charge in [-0.2, -0.15) is 0 Å². The van der Waals surface area contributed by atoms with Crippen LogP contribution in [0.4, 0.5) is 5.69 Å². The molecule has 1 saturated heterocycles. The molecule has 0 atom stereocenters. The molecule has 1 aliphatic heterocycles. The first-order chi connectivity index (χ1) is 17.9. The van der Waals surface area contributed by atoms with Crippen LogP contribution in [0.25, 0.3) is 0 Å². The summed E-state index contributed by atoms with van der Waals surface area (Å²) in [6, 6.07) is 11.7. The van der Waals surface area contributed by atoms with Gasteiger partial charge in [0.15, 0.2) is 0 Å². The van der Waals surface area contributed by atoms with E-state index in [1.807, 2.05) is 57.3 Å².